The zero-order valence-corrected chi connectivity index (χ0v) is 14.4. The summed E-state index contributed by atoms with van der Waals surface area (Å²) in [4.78, 5) is 0. The summed E-state index contributed by atoms with van der Waals surface area (Å²) in [5.41, 5.74) is 1.20. The van der Waals surface area contributed by atoms with E-state index in [1.54, 1.807) is 7.11 Å². The fourth-order valence-corrected chi connectivity index (χ4v) is 4.50. The van der Waals surface area contributed by atoms with Gasteiger partial charge in [0, 0.05) is 17.5 Å². The average molecular weight is 311 g/mol. The maximum atomic E-state index is 5.51. The first-order valence-electron chi connectivity index (χ1n) is 8.18. The van der Waals surface area contributed by atoms with Crippen molar-refractivity contribution in [2.24, 2.45) is 0 Å². The Kier molecular flexibility index (Phi) is 6.90. The minimum atomic E-state index is 0.306. The number of hydrogen-bond donors (Lipinski definition) is 1. The van der Waals surface area contributed by atoms with Crippen LogP contribution in [0.15, 0.2) is 6.20 Å². The van der Waals surface area contributed by atoms with E-state index in [1.807, 2.05) is 13.2 Å². The third-order valence-electron chi connectivity index (χ3n) is 4.23. The Hall–Kier alpha value is -0.680. The molecule has 1 aromatic rings. The summed E-state index contributed by atoms with van der Waals surface area (Å²) >= 11 is 2.12. The molecule has 1 unspecified atom stereocenters. The van der Waals surface area contributed by atoms with Crippen LogP contribution >= 0.6 is 11.8 Å². The highest BCUT2D eigenvalue weighted by atomic mass is 32.2. The van der Waals surface area contributed by atoms with Crippen molar-refractivity contribution in [3.8, 4) is 5.75 Å². The molecule has 1 saturated carbocycles. The lowest BCUT2D eigenvalue weighted by molar-refractivity contribution is 0.398. The summed E-state index contributed by atoms with van der Waals surface area (Å²) in [6.07, 6.45) is 9.92. The fourth-order valence-electron chi connectivity index (χ4n) is 3.04. The second-order valence-electron chi connectivity index (χ2n) is 5.76. The van der Waals surface area contributed by atoms with Crippen molar-refractivity contribution in [1.82, 2.24) is 15.1 Å². The SMILES string of the molecule is CCCn1ncc(OC)c1C(CSC1CCCCC1)NC. The van der Waals surface area contributed by atoms with Crippen LogP contribution in [-0.2, 0) is 6.54 Å². The van der Waals surface area contributed by atoms with Gasteiger partial charge in [0.25, 0.3) is 0 Å². The third-order valence-corrected chi connectivity index (χ3v) is 5.70. The summed E-state index contributed by atoms with van der Waals surface area (Å²) in [6, 6.07) is 0.306. The van der Waals surface area contributed by atoms with E-state index in [9.17, 15) is 0 Å². The van der Waals surface area contributed by atoms with Crippen LogP contribution in [0.2, 0.25) is 0 Å². The Morgan fingerprint density at radius 1 is 1.43 bits per heavy atom. The number of thioether (sulfide) groups is 1. The molecule has 0 saturated heterocycles. The average Bonchev–Trinajstić information content (AvgIpc) is 2.92. The Bertz CT molecular complexity index is 416. The van der Waals surface area contributed by atoms with Gasteiger partial charge in [-0.15, -0.1) is 0 Å². The molecule has 0 spiro atoms. The molecule has 5 heteroatoms. The molecule has 1 N–H and O–H groups in total. The number of nitrogens with one attached hydrogen (secondary N) is 1. The molecule has 4 nitrogen and oxygen atoms in total. The number of methoxy groups -OCH3 is 1. The first-order valence-corrected chi connectivity index (χ1v) is 9.23. The molecule has 1 atom stereocenters. The number of rotatable bonds is 8. The van der Waals surface area contributed by atoms with Crippen molar-refractivity contribution in [2.75, 3.05) is 19.9 Å². The minimum absolute atomic E-state index is 0.306. The first kappa shape index (κ1) is 16.7. The molecule has 21 heavy (non-hydrogen) atoms. The molecular weight excluding hydrogens is 282 g/mol. The van der Waals surface area contributed by atoms with E-state index in [0.717, 1.165) is 29.7 Å². The lowest BCUT2D eigenvalue weighted by Crippen LogP contribution is -2.24. The van der Waals surface area contributed by atoms with E-state index >= 15 is 0 Å². The maximum absolute atomic E-state index is 5.51. The first-order chi connectivity index (χ1) is 10.3. The van der Waals surface area contributed by atoms with Gasteiger partial charge < -0.3 is 10.1 Å². The summed E-state index contributed by atoms with van der Waals surface area (Å²) in [7, 11) is 3.77. The van der Waals surface area contributed by atoms with Crippen LogP contribution in [0.4, 0.5) is 0 Å². The van der Waals surface area contributed by atoms with Gasteiger partial charge in [-0.1, -0.05) is 26.2 Å². The van der Waals surface area contributed by atoms with Gasteiger partial charge in [0.05, 0.1) is 25.0 Å². The quantitative estimate of drug-likeness (QED) is 0.796. The Morgan fingerprint density at radius 2 is 2.19 bits per heavy atom. The van der Waals surface area contributed by atoms with Crippen LogP contribution in [-0.4, -0.2) is 34.9 Å². The van der Waals surface area contributed by atoms with E-state index in [2.05, 4.69) is 33.8 Å². The van der Waals surface area contributed by atoms with Gasteiger partial charge in [0.2, 0.25) is 0 Å². The van der Waals surface area contributed by atoms with Gasteiger partial charge >= 0.3 is 0 Å². The number of aromatic nitrogens is 2. The molecule has 2 rings (SSSR count). The van der Waals surface area contributed by atoms with Crippen molar-refractivity contribution >= 4 is 11.8 Å². The molecule has 0 aliphatic heterocycles. The molecule has 0 radical (unpaired) electrons. The van der Waals surface area contributed by atoms with Crippen molar-refractivity contribution < 1.29 is 4.74 Å². The van der Waals surface area contributed by atoms with E-state index in [0.29, 0.717) is 6.04 Å². The van der Waals surface area contributed by atoms with Crippen LogP contribution in [0.25, 0.3) is 0 Å². The van der Waals surface area contributed by atoms with Gasteiger partial charge in [-0.3, -0.25) is 4.68 Å². The molecule has 0 amide bonds. The topological polar surface area (TPSA) is 39.1 Å². The normalized spacial score (nSPS) is 17.9. The summed E-state index contributed by atoms with van der Waals surface area (Å²) in [6.45, 7) is 3.13. The lowest BCUT2D eigenvalue weighted by Gasteiger charge is -2.24. The molecular formula is C16H29N3OS. The second-order valence-corrected chi connectivity index (χ2v) is 7.09. The number of nitrogens with zero attached hydrogens (tertiary/aromatic N) is 2. The van der Waals surface area contributed by atoms with Crippen molar-refractivity contribution in [3.63, 3.8) is 0 Å². The molecule has 1 fully saturated rings. The Morgan fingerprint density at radius 3 is 2.81 bits per heavy atom. The van der Waals surface area contributed by atoms with Crippen molar-refractivity contribution in [1.29, 1.82) is 0 Å². The van der Waals surface area contributed by atoms with E-state index in [1.165, 1.54) is 37.8 Å². The highest BCUT2D eigenvalue weighted by Crippen LogP contribution is 2.33. The van der Waals surface area contributed by atoms with E-state index in [-0.39, 0.29) is 0 Å². The lowest BCUT2D eigenvalue weighted by atomic mass is 10.0. The predicted octanol–water partition coefficient (Wildman–Crippen LogP) is 3.63. The summed E-state index contributed by atoms with van der Waals surface area (Å²) in [5, 5.41) is 8.77. The highest BCUT2D eigenvalue weighted by Gasteiger charge is 2.22. The van der Waals surface area contributed by atoms with E-state index in [4.69, 9.17) is 4.74 Å². The van der Waals surface area contributed by atoms with Gasteiger partial charge in [0.1, 0.15) is 0 Å². The zero-order valence-electron chi connectivity index (χ0n) is 13.6. The van der Waals surface area contributed by atoms with Crippen molar-refractivity contribution in [2.45, 2.75) is 63.3 Å². The Labute approximate surface area is 133 Å². The molecule has 120 valence electrons. The third kappa shape index (κ3) is 4.39. The molecule has 1 aliphatic carbocycles. The van der Waals surface area contributed by atoms with E-state index < -0.39 is 0 Å². The molecule has 1 aliphatic rings. The Balaban J connectivity index is 2.03. The highest BCUT2D eigenvalue weighted by molar-refractivity contribution is 7.99. The molecule has 1 aromatic heterocycles. The predicted molar refractivity (Wildman–Crippen MR) is 90.2 cm³/mol. The van der Waals surface area contributed by atoms with Crippen LogP contribution < -0.4 is 10.1 Å². The van der Waals surface area contributed by atoms with Gasteiger partial charge in [-0.05, 0) is 26.3 Å². The van der Waals surface area contributed by atoms with Gasteiger partial charge in [-0.2, -0.15) is 16.9 Å². The maximum Gasteiger partial charge on any atom is 0.161 e. The van der Waals surface area contributed by atoms with Gasteiger partial charge in [0.15, 0.2) is 5.75 Å². The molecule has 0 aromatic carbocycles. The number of aryl methyl sites for hydroxylation is 1. The molecule has 0 bridgehead atoms. The van der Waals surface area contributed by atoms with Crippen LogP contribution in [0, 0.1) is 0 Å². The fraction of sp³-hybridized carbons (Fsp3) is 0.812. The number of ether oxygens (including phenoxy) is 1. The summed E-state index contributed by atoms with van der Waals surface area (Å²) < 4.78 is 7.61. The minimum Gasteiger partial charge on any atom is -0.493 e. The monoisotopic (exact) mass is 311 g/mol. The van der Waals surface area contributed by atoms with Gasteiger partial charge in [-0.25, -0.2) is 0 Å². The number of hydrogen-bond acceptors (Lipinski definition) is 4. The van der Waals surface area contributed by atoms with Crippen LogP contribution in [0.3, 0.4) is 0 Å². The largest absolute Gasteiger partial charge is 0.493 e. The van der Waals surface area contributed by atoms with Crippen molar-refractivity contribution in [3.05, 3.63) is 11.9 Å². The smallest absolute Gasteiger partial charge is 0.161 e. The zero-order chi connectivity index (χ0) is 15.1. The summed E-state index contributed by atoms with van der Waals surface area (Å²) in [5.74, 6) is 2.00. The van der Waals surface area contributed by atoms with Crippen LogP contribution in [0.1, 0.15) is 57.2 Å². The second kappa shape index (κ2) is 8.69. The van der Waals surface area contributed by atoms with Crippen LogP contribution in [0.5, 0.6) is 5.75 Å². The standard InChI is InChI=1S/C16H29N3OS/c1-4-10-19-16(15(20-3)11-18-19)14(17-2)12-21-13-8-6-5-7-9-13/h11,13-14,17H,4-10,12H2,1-3H3. The molecule has 1 heterocycles.